The van der Waals surface area contributed by atoms with Gasteiger partial charge in [-0.3, -0.25) is 4.79 Å². The average Bonchev–Trinajstić information content (AvgIpc) is 2.97. The lowest BCUT2D eigenvalue weighted by Crippen LogP contribution is -2.29. The van der Waals surface area contributed by atoms with Crippen LogP contribution in [0.4, 0.5) is 5.69 Å². The SMILES string of the molecule is COc1ccc(CCC(=O)N2CCc3ccccc32)cc1C. The number of anilines is 1. The minimum absolute atomic E-state index is 0.207. The fourth-order valence-corrected chi connectivity index (χ4v) is 3.08. The molecule has 0 bridgehead atoms. The normalized spacial score (nSPS) is 13.1. The summed E-state index contributed by atoms with van der Waals surface area (Å²) in [4.78, 5) is 14.4. The molecule has 0 aliphatic carbocycles. The molecule has 0 spiro atoms. The largest absolute Gasteiger partial charge is 0.496 e. The maximum absolute atomic E-state index is 12.5. The lowest BCUT2D eigenvalue weighted by Gasteiger charge is -2.17. The maximum Gasteiger partial charge on any atom is 0.227 e. The Balaban J connectivity index is 1.65. The number of fused-ring (bicyclic) bond motifs is 1. The van der Waals surface area contributed by atoms with Crippen molar-refractivity contribution in [3.63, 3.8) is 0 Å². The molecule has 1 aliphatic heterocycles. The van der Waals surface area contributed by atoms with Gasteiger partial charge in [0.1, 0.15) is 5.75 Å². The Morgan fingerprint density at radius 2 is 2.05 bits per heavy atom. The van der Waals surface area contributed by atoms with Crippen molar-refractivity contribution in [2.24, 2.45) is 0 Å². The third-order valence-corrected chi connectivity index (χ3v) is 4.28. The van der Waals surface area contributed by atoms with Gasteiger partial charge in [0.2, 0.25) is 5.91 Å². The number of rotatable bonds is 4. The lowest BCUT2D eigenvalue weighted by molar-refractivity contribution is -0.118. The number of benzene rings is 2. The van der Waals surface area contributed by atoms with Gasteiger partial charge < -0.3 is 9.64 Å². The quantitative estimate of drug-likeness (QED) is 0.863. The molecule has 2 aromatic rings. The van der Waals surface area contributed by atoms with Crippen LogP contribution < -0.4 is 9.64 Å². The van der Waals surface area contributed by atoms with Crippen LogP contribution >= 0.6 is 0 Å². The standard InChI is InChI=1S/C19H21NO2/c1-14-13-15(7-9-18(14)22-2)8-10-19(21)20-12-11-16-5-3-4-6-17(16)20/h3-7,9,13H,8,10-12H2,1-2H3. The van der Waals surface area contributed by atoms with Crippen molar-refractivity contribution in [3.8, 4) is 5.75 Å². The molecule has 1 aliphatic rings. The van der Waals surface area contributed by atoms with E-state index in [1.807, 2.05) is 42.2 Å². The molecule has 0 aromatic heterocycles. The van der Waals surface area contributed by atoms with E-state index >= 15 is 0 Å². The number of hydrogen-bond acceptors (Lipinski definition) is 2. The van der Waals surface area contributed by atoms with Crippen LogP contribution in [0.1, 0.15) is 23.1 Å². The molecule has 0 N–H and O–H groups in total. The summed E-state index contributed by atoms with van der Waals surface area (Å²) in [6, 6.07) is 14.3. The van der Waals surface area contributed by atoms with E-state index < -0.39 is 0 Å². The van der Waals surface area contributed by atoms with Crippen LogP contribution in [0.15, 0.2) is 42.5 Å². The van der Waals surface area contributed by atoms with Crippen LogP contribution in [-0.2, 0) is 17.6 Å². The average molecular weight is 295 g/mol. The van der Waals surface area contributed by atoms with E-state index in [4.69, 9.17) is 4.74 Å². The minimum atomic E-state index is 0.207. The van der Waals surface area contributed by atoms with E-state index in [9.17, 15) is 4.79 Å². The molecule has 1 heterocycles. The number of para-hydroxylation sites is 1. The summed E-state index contributed by atoms with van der Waals surface area (Å²) < 4.78 is 5.27. The molecular weight excluding hydrogens is 274 g/mol. The van der Waals surface area contributed by atoms with Crippen molar-refractivity contribution in [2.45, 2.75) is 26.2 Å². The molecule has 0 saturated heterocycles. The van der Waals surface area contributed by atoms with Crippen molar-refractivity contribution in [1.29, 1.82) is 0 Å². The summed E-state index contributed by atoms with van der Waals surface area (Å²) in [7, 11) is 1.68. The molecule has 2 aromatic carbocycles. The van der Waals surface area contributed by atoms with E-state index in [0.717, 1.165) is 36.4 Å². The zero-order valence-corrected chi connectivity index (χ0v) is 13.1. The monoisotopic (exact) mass is 295 g/mol. The van der Waals surface area contributed by atoms with Crippen molar-refractivity contribution in [1.82, 2.24) is 0 Å². The number of ether oxygens (including phenoxy) is 1. The third-order valence-electron chi connectivity index (χ3n) is 4.28. The topological polar surface area (TPSA) is 29.5 Å². The molecule has 0 fully saturated rings. The Bertz CT molecular complexity index is 694. The Hall–Kier alpha value is -2.29. The van der Waals surface area contributed by atoms with Crippen LogP contribution in [0.3, 0.4) is 0 Å². The molecule has 3 heteroatoms. The van der Waals surface area contributed by atoms with Gasteiger partial charge in [0.15, 0.2) is 0 Å². The van der Waals surface area contributed by atoms with Gasteiger partial charge in [-0.1, -0.05) is 30.3 Å². The van der Waals surface area contributed by atoms with E-state index in [-0.39, 0.29) is 5.91 Å². The molecule has 3 nitrogen and oxygen atoms in total. The summed E-state index contributed by atoms with van der Waals surface area (Å²) >= 11 is 0. The van der Waals surface area contributed by atoms with Crippen LogP contribution in [-0.4, -0.2) is 19.6 Å². The van der Waals surface area contributed by atoms with E-state index in [1.165, 1.54) is 11.1 Å². The molecule has 1 amide bonds. The first-order valence-electron chi connectivity index (χ1n) is 7.71. The van der Waals surface area contributed by atoms with Gasteiger partial charge in [-0.05, 0) is 48.6 Å². The predicted molar refractivity (Wildman–Crippen MR) is 88.6 cm³/mol. The summed E-state index contributed by atoms with van der Waals surface area (Å²) in [5.41, 5.74) is 4.65. The Labute approximate surface area is 131 Å². The molecule has 22 heavy (non-hydrogen) atoms. The first kappa shape index (κ1) is 14.6. The highest BCUT2D eigenvalue weighted by Crippen LogP contribution is 2.28. The molecule has 0 saturated carbocycles. The Morgan fingerprint density at radius 1 is 1.23 bits per heavy atom. The van der Waals surface area contributed by atoms with Crippen LogP contribution in [0, 0.1) is 6.92 Å². The highest BCUT2D eigenvalue weighted by molar-refractivity contribution is 5.95. The zero-order chi connectivity index (χ0) is 15.5. The second-order valence-corrected chi connectivity index (χ2v) is 5.73. The second kappa shape index (κ2) is 6.22. The first-order chi connectivity index (χ1) is 10.7. The summed E-state index contributed by atoms with van der Waals surface area (Å²) in [5, 5.41) is 0. The van der Waals surface area contributed by atoms with Crippen molar-refractivity contribution >= 4 is 11.6 Å². The number of amides is 1. The lowest BCUT2D eigenvalue weighted by atomic mass is 10.1. The summed E-state index contributed by atoms with van der Waals surface area (Å²) in [5.74, 6) is 1.10. The fourth-order valence-electron chi connectivity index (χ4n) is 3.08. The van der Waals surface area contributed by atoms with Crippen molar-refractivity contribution < 1.29 is 9.53 Å². The number of hydrogen-bond donors (Lipinski definition) is 0. The van der Waals surface area contributed by atoms with Crippen LogP contribution in [0.2, 0.25) is 0 Å². The molecular formula is C19H21NO2. The van der Waals surface area contributed by atoms with Gasteiger partial charge in [0.25, 0.3) is 0 Å². The van der Waals surface area contributed by atoms with Gasteiger partial charge in [-0.15, -0.1) is 0 Å². The molecule has 114 valence electrons. The predicted octanol–water partition coefficient (Wildman–Crippen LogP) is 3.53. The molecule has 3 rings (SSSR count). The smallest absolute Gasteiger partial charge is 0.227 e. The first-order valence-corrected chi connectivity index (χ1v) is 7.71. The number of methoxy groups -OCH3 is 1. The highest BCUT2D eigenvalue weighted by atomic mass is 16.5. The van der Waals surface area contributed by atoms with Gasteiger partial charge in [-0.2, -0.15) is 0 Å². The Morgan fingerprint density at radius 3 is 2.82 bits per heavy atom. The van der Waals surface area contributed by atoms with E-state index in [0.29, 0.717) is 6.42 Å². The number of nitrogens with zero attached hydrogens (tertiary/aromatic N) is 1. The van der Waals surface area contributed by atoms with Gasteiger partial charge in [-0.25, -0.2) is 0 Å². The van der Waals surface area contributed by atoms with Crippen molar-refractivity contribution in [3.05, 3.63) is 59.2 Å². The van der Waals surface area contributed by atoms with Gasteiger partial charge in [0.05, 0.1) is 7.11 Å². The van der Waals surface area contributed by atoms with Gasteiger partial charge >= 0.3 is 0 Å². The van der Waals surface area contributed by atoms with E-state index in [2.05, 4.69) is 12.1 Å². The summed E-state index contributed by atoms with van der Waals surface area (Å²) in [6.45, 7) is 2.83. The van der Waals surface area contributed by atoms with Crippen molar-refractivity contribution in [2.75, 3.05) is 18.6 Å². The van der Waals surface area contributed by atoms with Crippen LogP contribution in [0.5, 0.6) is 5.75 Å². The highest BCUT2D eigenvalue weighted by Gasteiger charge is 2.23. The molecule has 0 radical (unpaired) electrons. The van der Waals surface area contributed by atoms with Gasteiger partial charge in [0, 0.05) is 18.7 Å². The number of aryl methyl sites for hydroxylation is 2. The third kappa shape index (κ3) is 2.84. The summed E-state index contributed by atoms with van der Waals surface area (Å²) in [6.07, 6.45) is 2.27. The Kier molecular flexibility index (Phi) is 4.14. The number of carbonyl (C=O) groups excluding carboxylic acids is 1. The minimum Gasteiger partial charge on any atom is -0.496 e. The molecule has 0 atom stereocenters. The molecule has 0 unspecified atom stereocenters. The fraction of sp³-hybridized carbons (Fsp3) is 0.316. The second-order valence-electron chi connectivity index (χ2n) is 5.73. The van der Waals surface area contributed by atoms with E-state index in [1.54, 1.807) is 7.11 Å². The number of carbonyl (C=O) groups is 1. The van der Waals surface area contributed by atoms with Crippen LogP contribution in [0.25, 0.3) is 0 Å². The maximum atomic E-state index is 12.5. The zero-order valence-electron chi connectivity index (χ0n) is 13.1.